The molecule has 0 aliphatic carbocycles. The van der Waals surface area contributed by atoms with Crippen LogP contribution in [0.4, 0.5) is 5.69 Å². The van der Waals surface area contributed by atoms with E-state index in [0.717, 1.165) is 26.6 Å². The lowest BCUT2D eigenvalue weighted by Gasteiger charge is -2.17. The van der Waals surface area contributed by atoms with E-state index in [2.05, 4.69) is 16.2 Å². The molecule has 0 radical (unpaired) electrons. The van der Waals surface area contributed by atoms with E-state index in [1.54, 1.807) is 48.0 Å². The lowest BCUT2D eigenvalue weighted by atomic mass is 10.1. The van der Waals surface area contributed by atoms with Crippen molar-refractivity contribution in [2.45, 2.75) is 9.79 Å². The molecule has 3 aromatic carbocycles. The summed E-state index contributed by atoms with van der Waals surface area (Å²) in [4.78, 5) is 20.8. The fourth-order valence-electron chi connectivity index (χ4n) is 3.30. The first-order valence-corrected chi connectivity index (χ1v) is 9.99. The van der Waals surface area contributed by atoms with Crippen LogP contribution in [0.25, 0.3) is 22.8 Å². The molecule has 30 heavy (non-hydrogen) atoms. The largest absolute Gasteiger partial charge is 0.334 e. The Morgan fingerprint density at radius 3 is 2.57 bits per heavy atom. The molecule has 7 heteroatoms. The third kappa shape index (κ3) is 3.04. The number of fused-ring (bicyclic) bond motifs is 2. The Morgan fingerprint density at radius 1 is 1.00 bits per heavy atom. The van der Waals surface area contributed by atoms with Gasteiger partial charge in [0.05, 0.1) is 22.9 Å². The average molecular weight is 410 g/mol. The summed E-state index contributed by atoms with van der Waals surface area (Å²) in [6, 6.07) is 22.4. The number of carbonyl (C=O) groups is 1. The van der Waals surface area contributed by atoms with Crippen molar-refractivity contribution in [1.82, 2.24) is 10.1 Å². The van der Waals surface area contributed by atoms with Gasteiger partial charge < -0.3 is 9.42 Å². The average Bonchev–Trinajstić information content (AvgIpc) is 3.25. The molecule has 2 heterocycles. The third-order valence-corrected chi connectivity index (χ3v) is 6.03. The molecule has 0 fully saturated rings. The van der Waals surface area contributed by atoms with Crippen molar-refractivity contribution in [1.29, 1.82) is 5.26 Å². The van der Waals surface area contributed by atoms with Crippen molar-refractivity contribution < 1.29 is 9.32 Å². The molecule has 1 aromatic heterocycles. The number of hydrogen-bond acceptors (Lipinski definition) is 6. The van der Waals surface area contributed by atoms with E-state index in [9.17, 15) is 4.79 Å². The summed E-state index contributed by atoms with van der Waals surface area (Å²) >= 11 is 1.55. The molecular weight excluding hydrogens is 396 g/mol. The van der Waals surface area contributed by atoms with Crippen molar-refractivity contribution in [2.75, 3.05) is 11.9 Å². The van der Waals surface area contributed by atoms with Crippen molar-refractivity contribution >= 4 is 23.4 Å². The van der Waals surface area contributed by atoms with E-state index in [-0.39, 0.29) is 5.91 Å². The molecule has 0 atom stereocenters. The number of amides is 1. The SMILES string of the molecule is CN1C(=O)c2ccccc2Sc2cc(-c3noc(-c4ccc(C#N)cc4)n3)ccc21. The molecule has 6 nitrogen and oxygen atoms in total. The maximum Gasteiger partial charge on any atom is 0.259 e. The molecule has 0 saturated carbocycles. The standard InChI is InChI=1S/C23H14N4O2S/c1-27-18-11-10-16(12-20(18)30-19-5-3-2-4-17(19)23(27)28)21-25-22(29-26-21)15-8-6-14(13-24)7-9-15/h2-12H,1H3. The maximum atomic E-state index is 12.8. The quantitative estimate of drug-likeness (QED) is 0.462. The number of benzene rings is 3. The molecule has 0 bridgehead atoms. The Bertz CT molecular complexity index is 1320. The zero-order valence-corrected chi connectivity index (χ0v) is 16.7. The van der Waals surface area contributed by atoms with Crippen LogP contribution in [0.5, 0.6) is 0 Å². The van der Waals surface area contributed by atoms with E-state index in [0.29, 0.717) is 22.8 Å². The number of rotatable bonds is 2. The first kappa shape index (κ1) is 18.2. The molecule has 1 aliphatic rings. The third-order valence-electron chi connectivity index (χ3n) is 4.91. The van der Waals surface area contributed by atoms with E-state index >= 15 is 0 Å². The van der Waals surface area contributed by atoms with E-state index in [1.165, 1.54) is 0 Å². The van der Waals surface area contributed by atoms with Crippen LogP contribution in [0.1, 0.15) is 15.9 Å². The number of hydrogen-bond donors (Lipinski definition) is 0. The molecule has 1 aliphatic heterocycles. The van der Waals surface area contributed by atoms with Gasteiger partial charge >= 0.3 is 0 Å². The van der Waals surface area contributed by atoms with Crippen LogP contribution in [0, 0.1) is 11.3 Å². The molecule has 5 rings (SSSR count). The van der Waals surface area contributed by atoms with Crippen molar-refractivity contribution in [3.05, 3.63) is 77.9 Å². The monoisotopic (exact) mass is 410 g/mol. The second-order valence-corrected chi connectivity index (χ2v) is 7.84. The van der Waals surface area contributed by atoms with Gasteiger partial charge in [-0.2, -0.15) is 10.2 Å². The predicted molar refractivity (Wildman–Crippen MR) is 113 cm³/mol. The summed E-state index contributed by atoms with van der Waals surface area (Å²) in [6.45, 7) is 0. The zero-order chi connectivity index (χ0) is 20.7. The predicted octanol–water partition coefficient (Wildman–Crippen LogP) is 5.02. The molecule has 144 valence electrons. The van der Waals surface area contributed by atoms with Gasteiger partial charge in [-0.3, -0.25) is 4.79 Å². The molecule has 0 unspecified atom stereocenters. The number of carbonyl (C=O) groups excluding carboxylic acids is 1. The summed E-state index contributed by atoms with van der Waals surface area (Å²) in [6.07, 6.45) is 0. The topological polar surface area (TPSA) is 83.0 Å². The lowest BCUT2D eigenvalue weighted by Crippen LogP contribution is -2.25. The summed E-state index contributed by atoms with van der Waals surface area (Å²) in [5.41, 5.74) is 3.63. The van der Waals surface area contributed by atoms with Crippen LogP contribution >= 0.6 is 11.8 Å². The van der Waals surface area contributed by atoms with Gasteiger partial charge in [-0.05, 0) is 54.6 Å². The van der Waals surface area contributed by atoms with Crippen LogP contribution in [0.3, 0.4) is 0 Å². The van der Waals surface area contributed by atoms with Crippen LogP contribution in [0.2, 0.25) is 0 Å². The smallest absolute Gasteiger partial charge is 0.259 e. The Hall–Kier alpha value is -3.89. The highest BCUT2D eigenvalue weighted by atomic mass is 32.2. The van der Waals surface area contributed by atoms with Gasteiger partial charge in [0.15, 0.2) is 0 Å². The van der Waals surface area contributed by atoms with Crippen molar-refractivity contribution in [3.8, 4) is 28.9 Å². The molecule has 0 spiro atoms. The van der Waals surface area contributed by atoms with Gasteiger partial charge in [-0.1, -0.05) is 29.1 Å². The van der Waals surface area contributed by atoms with Gasteiger partial charge in [0.2, 0.25) is 5.82 Å². The minimum Gasteiger partial charge on any atom is -0.334 e. The first-order valence-electron chi connectivity index (χ1n) is 9.17. The molecule has 0 N–H and O–H groups in total. The van der Waals surface area contributed by atoms with Gasteiger partial charge in [-0.15, -0.1) is 0 Å². The van der Waals surface area contributed by atoms with Crippen molar-refractivity contribution in [2.24, 2.45) is 0 Å². The number of aromatic nitrogens is 2. The summed E-state index contributed by atoms with van der Waals surface area (Å²) in [5, 5.41) is 13.1. The molecule has 1 amide bonds. The van der Waals surface area contributed by atoms with E-state index in [1.807, 2.05) is 42.5 Å². The molecule has 0 saturated heterocycles. The summed E-state index contributed by atoms with van der Waals surface area (Å²) < 4.78 is 5.43. The van der Waals surface area contributed by atoms with Crippen LogP contribution in [0.15, 0.2) is 81.0 Å². The molecular formula is C23H14N4O2S. The minimum absolute atomic E-state index is 0.0349. The fraction of sp³-hybridized carbons (Fsp3) is 0.0435. The fourth-order valence-corrected chi connectivity index (χ4v) is 4.44. The number of anilines is 1. The first-order chi connectivity index (χ1) is 14.6. The van der Waals surface area contributed by atoms with E-state index < -0.39 is 0 Å². The van der Waals surface area contributed by atoms with Gasteiger partial charge in [0, 0.05) is 28.0 Å². The Labute approximate surface area is 176 Å². The summed E-state index contributed by atoms with van der Waals surface area (Å²) in [7, 11) is 1.78. The van der Waals surface area contributed by atoms with Crippen LogP contribution < -0.4 is 4.90 Å². The second kappa shape index (κ2) is 7.17. The maximum absolute atomic E-state index is 12.8. The highest BCUT2D eigenvalue weighted by Crippen LogP contribution is 2.42. The van der Waals surface area contributed by atoms with Crippen molar-refractivity contribution in [3.63, 3.8) is 0 Å². The number of nitriles is 1. The Kier molecular flexibility index (Phi) is 4.34. The van der Waals surface area contributed by atoms with Gasteiger partial charge in [0.1, 0.15) is 0 Å². The Balaban J connectivity index is 1.53. The van der Waals surface area contributed by atoms with E-state index in [4.69, 9.17) is 9.78 Å². The van der Waals surface area contributed by atoms with Gasteiger partial charge in [-0.25, -0.2) is 0 Å². The lowest BCUT2D eigenvalue weighted by molar-refractivity contribution is 0.0990. The Morgan fingerprint density at radius 2 is 1.77 bits per heavy atom. The highest BCUT2D eigenvalue weighted by Gasteiger charge is 2.25. The second-order valence-electron chi connectivity index (χ2n) is 6.76. The van der Waals surface area contributed by atoms with Gasteiger partial charge in [0.25, 0.3) is 11.8 Å². The van der Waals surface area contributed by atoms with Crippen LogP contribution in [-0.4, -0.2) is 23.1 Å². The number of nitrogens with zero attached hydrogens (tertiary/aromatic N) is 4. The molecule has 4 aromatic rings. The minimum atomic E-state index is -0.0349. The highest BCUT2D eigenvalue weighted by molar-refractivity contribution is 7.99. The van der Waals surface area contributed by atoms with Crippen LogP contribution in [-0.2, 0) is 0 Å². The normalized spacial score (nSPS) is 12.7. The zero-order valence-electron chi connectivity index (χ0n) is 15.9. The summed E-state index contributed by atoms with van der Waals surface area (Å²) in [5.74, 6) is 0.811.